The first-order chi connectivity index (χ1) is 7.79. The lowest BCUT2D eigenvalue weighted by Crippen LogP contribution is -2.30. The molecular weight excluding hydrogens is 228 g/mol. The summed E-state index contributed by atoms with van der Waals surface area (Å²) in [5, 5.41) is 0.405. The number of hydrazine groups is 1. The number of furan rings is 1. The summed E-state index contributed by atoms with van der Waals surface area (Å²) >= 11 is 5.75. The van der Waals surface area contributed by atoms with Crippen molar-refractivity contribution in [2.45, 2.75) is 25.3 Å². The van der Waals surface area contributed by atoms with Gasteiger partial charge in [0.1, 0.15) is 5.76 Å². The van der Waals surface area contributed by atoms with Crippen LogP contribution in [0.1, 0.15) is 31.1 Å². The SMILES string of the molecule is NNC(CC1CCOCC1)c1ccc(Cl)o1. The smallest absolute Gasteiger partial charge is 0.193 e. The zero-order valence-electron chi connectivity index (χ0n) is 9.12. The lowest BCUT2D eigenvalue weighted by atomic mass is 9.92. The van der Waals surface area contributed by atoms with Crippen LogP contribution < -0.4 is 11.3 Å². The van der Waals surface area contributed by atoms with Gasteiger partial charge in [-0.15, -0.1) is 0 Å². The van der Waals surface area contributed by atoms with Crippen LogP contribution in [0, 0.1) is 5.92 Å². The van der Waals surface area contributed by atoms with E-state index in [0.717, 1.165) is 38.2 Å². The monoisotopic (exact) mass is 244 g/mol. The molecule has 4 nitrogen and oxygen atoms in total. The molecule has 0 aliphatic carbocycles. The number of hydrogen-bond donors (Lipinski definition) is 2. The summed E-state index contributed by atoms with van der Waals surface area (Å²) in [5.41, 5.74) is 2.79. The summed E-state index contributed by atoms with van der Waals surface area (Å²) < 4.78 is 10.7. The van der Waals surface area contributed by atoms with Crippen LogP contribution in [0.2, 0.25) is 5.22 Å². The number of hydrogen-bond acceptors (Lipinski definition) is 4. The summed E-state index contributed by atoms with van der Waals surface area (Å²) in [4.78, 5) is 0. The maximum absolute atomic E-state index is 5.75. The van der Waals surface area contributed by atoms with Crippen molar-refractivity contribution >= 4 is 11.6 Å². The predicted molar refractivity (Wildman–Crippen MR) is 61.9 cm³/mol. The Morgan fingerprint density at radius 1 is 1.44 bits per heavy atom. The third kappa shape index (κ3) is 2.98. The summed E-state index contributed by atoms with van der Waals surface area (Å²) in [6, 6.07) is 3.65. The van der Waals surface area contributed by atoms with E-state index in [1.54, 1.807) is 6.07 Å². The summed E-state index contributed by atoms with van der Waals surface area (Å²) in [5.74, 6) is 6.99. The van der Waals surface area contributed by atoms with Crippen LogP contribution in [0.4, 0.5) is 0 Å². The van der Waals surface area contributed by atoms with Crippen molar-refractivity contribution in [2.75, 3.05) is 13.2 Å². The molecule has 0 saturated carbocycles. The highest BCUT2D eigenvalue weighted by molar-refractivity contribution is 6.28. The Hall–Kier alpha value is -0.550. The Balaban J connectivity index is 1.94. The molecule has 5 heteroatoms. The fourth-order valence-corrected chi connectivity index (χ4v) is 2.25. The third-order valence-electron chi connectivity index (χ3n) is 3.05. The molecule has 1 fully saturated rings. The third-order valence-corrected chi connectivity index (χ3v) is 3.25. The molecule has 1 aromatic heterocycles. The molecule has 1 aliphatic heterocycles. The Morgan fingerprint density at radius 3 is 2.75 bits per heavy atom. The van der Waals surface area contributed by atoms with Crippen molar-refractivity contribution in [1.29, 1.82) is 0 Å². The van der Waals surface area contributed by atoms with E-state index in [9.17, 15) is 0 Å². The van der Waals surface area contributed by atoms with E-state index >= 15 is 0 Å². The highest BCUT2D eigenvalue weighted by Crippen LogP contribution is 2.29. The van der Waals surface area contributed by atoms with Gasteiger partial charge in [0.25, 0.3) is 0 Å². The molecule has 2 heterocycles. The van der Waals surface area contributed by atoms with E-state index in [2.05, 4.69) is 5.43 Å². The molecular formula is C11H17ClN2O2. The van der Waals surface area contributed by atoms with E-state index < -0.39 is 0 Å². The van der Waals surface area contributed by atoms with E-state index in [4.69, 9.17) is 26.6 Å². The van der Waals surface area contributed by atoms with Gasteiger partial charge < -0.3 is 9.15 Å². The van der Waals surface area contributed by atoms with Gasteiger partial charge in [-0.05, 0) is 48.9 Å². The summed E-state index contributed by atoms with van der Waals surface area (Å²) in [7, 11) is 0. The largest absolute Gasteiger partial charge is 0.448 e. The highest BCUT2D eigenvalue weighted by atomic mass is 35.5. The molecule has 0 amide bonds. The van der Waals surface area contributed by atoms with Gasteiger partial charge in [0.05, 0.1) is 6.04 Å². The second kappa shape index (κ2) is 5.68. The van der Waals surface area contributed by atoms with Gasteiger partial charge in [-0.3, -0.25) is 5.84 Å². The number of rotatable bonds is 4. The normalized spacial score (nSPS) is 19.9. The first-order valence-corrected chi connectivity index (χ1v) is 5.96. The first kappa shape index (κ1) is 11.9. The Morgan fingerprint density at radius 2 is 2.19 bits per heavy atom. The predicted octanol–water partition coefficient (Wildman–Crippen LogP) is 2.25. The zero-order chi connectivity index (χ0) is 11.4. The van der Waals surface area contributed by atoms with Gasteiger partial charge in [-0.25, -0.2) is 5.43 Å². The average Bonchev–Trinajstić information content (AvgIpc) is 2.74. The number of nitrogens with two attached hydrogens (primary N) is 1. The molecule has 1 unspecified atom stereocenters. The maximum Gasteiger partial charge on any atom is 0.193 e. The number of halogens is 1. The minimum atomic E-state index is 0.0376. The van der Waals surface area contributed by atoms with Crippen LogP contribution in [-0.2, 0) is 4.74 Å². The molecule has 0 spiro atoms. The van der Waals surface area contributed by atoms with Crippen molar-refractivity contribution < 1.29 is 9.15 Å². The average molecular weight is 245 g/mol. The molecule has 1 saturated heterocycles. The molecule has 90 valence electrons. The van der Waals surface area contributed by atoms with Crippen molar-refractivity contribution in [3.63, 3.8) is 0 Å². The molecule has 0 aromatic carbocycles. The highest BCUT2D eigenvalue weighted by Gasteiger charge is 2.21. The molecule has 1 aliphatic rings. The Bertz CT molecular complexity index is 324. The molecule has 1 aromatic rings. The molecule has 3 N–H and O–H groups in total. The lowest BCUT2D eigenvalue weighted by Gasteiger charge is -2.25. The first-order valence-electron chi connectivity index (χ1n) is 5.58. The van der Waals surface area contributed by atoms with Gasteiger partial charge in [0, 0.05) is 13.2 Å². The van der Waals surface area contributed by atoms with Crippen LogP contribution in [0.3, 0.4) is 0 Å². The number of nitrogens with one attached hydrogen (secondary N) is 1. The van der Waals surface area contributed by atoms with Crippen molar-refractivity contribution in [2.24, 2.45) is 11.8 Å². The quantitative estimate of drug-likeness (QED) is 0.630. The fraction of sp³-hybridized carbons (Fsp3) is 0.636. The minimum Gasteiger partial charge on any atom is -0.448 e. The summed E-state index contributed by atoms with van der Waals surface area (Å²) in [6.07, 6.45) is 3.14. The van der Waals surface area contributed by atoms with Gasteiger partial charge in [0.2, 0.25) is 0 Å². The van der Waals surface area contributed by atoms with Gasteiger partial charge in [-0.1, -0.05) is 0 Å². The van der Waals surface area contributed by atoms with E-state index in [0.29, 0.717) is 11.1 Å². The van der Waals surface area contributed by atoms with Crippen LogP contribution in [-0.4, -0.2) is 13.2 Å². The fourth-order valence-electron chi connectivity index (χ4n) is 2.10. The molecule has 16 heavy (non-hydrogen) atoms. The van der Waals surface area contributed by atoms with Crippen molar-refractivity contribution in [3.8, 4) is 0 Å². The van der Waals surface area contributed by atoms with Crippen LogP contribution in [0.5, 0.6) is 0 Å². The van der Waals surface area contributed by atoms with Gasteiger partial charge in [-0.2, -0.15) is 0 Å². The Labute approximate surface area is 100 Å². The molecule has 1 atom stereocenters. The molecule has 0 radical (unpaired) electrons. The standard InChI is InChI=1S/C11H17ClN2O2/c12-11-2-1-10(16-11)9(14-13)7-8-3-5-15-6-4-8/h1-2,8-9,14H,3-7,13H2. The Kier molecular flexibility index (Phi) is 4.23. The van der Waals surface area contributed by atoms with Crippen molar-refractivity contribution in [1.82, 2.24) is 5.43 Å². The second-order valence-corrected chi connectivity index (χ2v) is 4.53. The van der Waals surface area contributed by atoms with E-state index in [1.165, 1.54) is 0 Å². The van der Waals surface area contributed by atoms with E-state index in [1.807, 2.05) is 6.07 Å². The topological polar surface area (TPSA) is 60.4 Å². The maximum atomic E-state index is 5.75. The number of ether oxygens (including phenoxy) is 1. The molecule has 2 rings (SSSR count). The molecule has 0 bridgehead atoms. The van der Waals surface area contributed by atoms with Crippen LogP contribution in [0.15, 0.2) is 16.5 Å². The second-order valence-electron chi connectivity index (χ2n) is 4.15. The zero-order valence-corrected chi connectivity index (χ0v) is 9.87. The minimum absolute atomic E-state index is 0.0376. The van der Waals surface area contributed by atoms with Crippen LogP contribution >= 0.6 is 11.6 Å². The van der Waals surface area contributed by atoms with Crippen LogP contribution in [0.25, 0.3) is 0 Å². The van der Waals surface area contributed by atoms with Crippen molar-refractivity contribution in [3.05, 3.63) is 23.1 Å². The lowest BCUT2D eigenvalue weighted by molar-refractivity contribution is 0.0596. The van der Waals surface area contributed by atoms with E-state index in [-0.39, 0.29) is 6.04 Å². The van der Waals surface area contributed by atoms with Gasteiger partial charge in [0.15, 0.2) is 5.22 Å². The van der Waals surface area contributed by atoms with Gasteiger partial charge >= 0.3 is 0 Å². The summed E-state index contributed by atoms with van der Waals surface area (Å²) in [6.45, 7) is 1.70.